The van der Waals surface area contributed by atoms with Gasteiger partial charge in [0, 0.05) is 38.6 Å². The average Bonchev–Trinajstić information content (AvgIpc) is 3.62. The van der Waals surface area contributed by atoms with Gasteiger partial charge in [-0.1, -0.05) is 11.8 Å². The van der Waals surface area contributed by atoms with Crippen molar-refractivity contribution in [1.82, 2.24) is 19.7 Å². The Hall–Kier alpha value is -2.36. The first-order valence-corrected chi connectivity index (χ1v) is 13.9. The van der Waals surface area contributed by atoms with Gasteiger partial charge in [0.1, 0.15) is 5.01 Å². The van der Waals surface area contributed by atoms with E-state index in [0.29, 0.717) is 0 Å². The molecule has 0 N–H and O–H groups in total. The minimum Gasteiger partial charge on any atom is -0.454 e. The van der Waals surface area contributed by atoms with Crippen LogP contribution in [0.1, 0.15) is 48.9 Å². The number of hydrogen-bond acceptors (Lipinski definition) is 8. The first kappa shape index (κ1) is 21.2. The molecule has 0 saturated heterocycles. The lowest BCUT2D eigenvalue weighted by Gasteiger charge is -2.16. The number of hydrogen-bond donors (Lipinski definition) is 0. The molecule has 0 radical (unpaired) electrons. The number of rotatable bonds is 6. The van der Waals surface area contributed by atoms with Crippen molar-refractivity contribution in [2.45, 2.75) is 56.5 Å². The summed E-state index contributed by atoms with van der Waals surface area (Å²) in [7, 11) is 0. The first-order valence-electron chi connectivity index (χ1n) is 11.2. The van der Waals surface area contributed by atoms with Gasteiger partial charge < -0.3 is 9.47 Å². The van der Waals surface area contributed by atoms with Gasteiger partial charge in [0.15, 0.2) is 22.5 Å². The summed E-state index contributed by atoms with van der Waals surface area (Å²) < 4.78 is 13.2. The van der Waals surface area contributed by atoms with Crippen LogP contribution < -0.4 is 9.47 Å². The molecule has 0 saturated carbocycles. The molecule has 3 aromatic heterocycles. The number of thiophene rings is 1. The van der Waals surface area contributed by atoms with Gasteiger partial charge in [0.2, 0.25) is 6.79 Å². The molecule has 4 heterocycles. The van der Waals surface area contributed by atoms with Crippen LogP contribution in [0.15, 0.2) is 34.1 Å². The third kappa shape index (κ3) is 3.96. The summed E-state index contributed by atoms with van der Waals surface area (Å²) in [6.45, 7) is 4.69. The number of fused-ring (bicyclic) bond motifs is 2. The summed E-state index contributed by atoms with van der Waals surface area (Å²) in [6, 6.07) is 6.27. The lowest BCUT2D eigenvalue weighted by Crippen LogP contribution is -2.07. The zero-order valence-electron chi connectivity index (χ0n) is 18.5. The Balaban J connectivity index is 1.22. The number of nitrogens with zero attached hydrogens (tertiary/aromatic N) is 4. The lowest BCUT2D eigenvalue weighted by molar-refractivity contribution is 0.174. The van der Waals surface area contributed by atoms with Crippen molar-refractivity contribution < 1.29 is 9.47 Å². The van der Waals surface area contributed by atoms with Crippen molar-refractivity contribution in [1.29, 1.82) is 0 Å². The fraction of sp³-hybridized carbons (Fsp3) is 0.375. The maximum Gasteiger partial charge on any atom is 0.231 e. The van der Waals surface area contributed by atoms with E-state index in [2.05, 4.69) is 39.4 Å². The molecule has 0 spiro atoms. The lowest BCUT2D eigenvalue weighted by atomic mass is 9.95. The Morgan fingerprint density at radius 3 is 2.85 bits per heavy atom. The second-order valence-corrected chi connectivity index (χ2v) is 11.3. The predicted octanol–water partition coefficient (Wildman–Crippen LogP) is 6.61. The standard InChI is InChI=1S/C24H24N4O2S3/c1-14(2)28-22(18-12-31-21-6-4-3-5-17(18)21)26-27-24(28)33-11-16-10-32-23(25-16)15-7-8-19-20(9-15)30-13-29-19/h7-10,12,14H,3-6,11,13H2,1-2H3. The van der Waals surface area contributed by atoms with Crippen LogP contribution in [0.4, 0.5) is 0 Å². The third-order valence-corrected chi connectivity index (χ3v) is 9.01. The summed E-state index contributed by atoms with van der Waals surface area (Å²) in [5, 5.41) is 15.6. The molecule has 0 fully saturated rings. The highest BCUT2D eigenvalue weighted by Crippen LogP contribution is 2.39. The molecule has 0 unspecified atom stereocenters. The minimum atomic E-state index is 0.283. The highest BCUT2D eigenvalue weighted by atomic mass is 32.2. The van der Waals surface area contributed by atoms with Gasteiger partial charge >= 0.3 is 0 Å². The van der Waals surface area contributed by atoms with E-state index in [9.17, 15) is 0 Å². The second kappa shape index (κ2) is 8.77. The average molecular weight is 497 g/mol. The number of thioether (sulfide) groups is 1. The molecular formula is C24H24N4O2S3. The topological polar surface area (TPSA) is 62.1 Å². The minimum absolute atomic E-state index is 0.283. The van der Waals surface area contributed by atoms with E-state index in [0.717, 1.165) is 50.9 Å². The highest BCUT2D eigenvalue weighted by molar-refractivity contribution is 7.98. The molecule has 1 aliphatic carbocycles. The van der Waals surface area contributed by atoms with E-state index < -0.39 is 0 Å². The van der Waals surface area contributed by atoms with E-state index in [1.54, 1.807) is 23.1 Å². The Kier molecular flexibility index (Phi) is 5.63. The van der Waals surface area contributed by atoms with Crippen LogP contribution in [0.3, 0.4) is 0 Å². The summed E-state index contributed by atoms with van der Waals surface area (Å²) >= 11 is 5.24. The molecule has 2 aliphatic rings. The number of aryl methyl sites for hydroxylation is 1. The van der Waals surface area contributed by atoms with E-state index in [1.165, 1.54) is 35.3 Å². The molecule has 1 aliphatic heterocycles. The van der Waals surface area contributed by atoms with Crippen LogP contribution >= 0.6 is 34.4 Å². The molecule has 4 aromatic rings. The van der Waals surface area contributed by atoms with Crippen LogP contribution in [0.25, 0.3) is 22.0 Å². The molecule has 0 atom stereocenters. The summed E-state index contributed by atoms with van der Waals surface area (Å²) in [6.07, 6.45) is 4.92. The molecule has 9 heteroatoms. The quantitative estimate of drug-likeness (QED) is 0.280. The van der Waals surface area contributed by atoms with E-state index >= 15 is 0 Å². The fourth-order valence-electron chi connectivity index (χ4n) is 4.38. The largest absolute Gasteiger partial charge is 0.454 e. The number of thiazole rings is 1. The van der Waals surface area contributed by atoms with Gasteiger partial charge in [0.05, 0.1) is 5.69 Å². The predicted molar refractivity (Wildman–Crippen MR) is 134 cm³/mol. The van der Waals surface area contributed by atoms with Gasteiger partial charge in [-0.25, -0.2) is 4.98 Å². The van der Waals surface area contributed by atoms with Crippen molar-refractivity contribution in [2.75, 3.05) is 6.79 Å². The summed E-state index contributed by atoms with van der Waals surface area (Å²) in [5.74, 6) is 3.34. The van der Waals surface area contributed by atoms with Crippen molar-refractivity contribution in [3.8, 4) is 33.5 Å². The Morgan fingerprint density at radius 2 is 1.94 bits per heavy atom. The third-order valence-electron chi connectivity index (χ3n) is 6.00. The van der Waals surface area contributed by atoms with Crippen molar-refractivity contribution in [2.24, 2.45) is 0 Å². The van der Waals surface area contributed by atoms with Gasteiger partial charge in [0.25, 0.3) is 0 Å². The van der Waals surface area contributed by atoms with Crippen LogP contribution in [0, 0.1) is 0 Å². The maximum atomic E-state index is 5.51. The molecule has 0 amide bonds. The number of ether oxygens (including phenoxy) is 2. The van der Waals surface area contributed by atoms with Crippen LogP contribution in [-0.4, -0.2) is 26.5 Å². The fourth-order valence-corrected chi connectivity index (χ4v) is 7.39. The highest BCUT2D eigenvalue weighted by Gasteiger charge is 2.23. The second-order valence-electron chi connectivity index (χ2n) is 8.53. The van der Waals surface area contributed by atoms with E-state index in [4.69, 9.17) is 14.5 Å². The first-order chi connectivity index (χ1) is 16.2. The van der Waals surface area contributed by atoms with Gasteiger partial charge in [-0.05, 0) is 63.3 Å². The van der Waals surface area contributed by atoms with Crippen LogP contribution in [-0.2, 0) is 18.6 Å². The molecule has 6 nitrogen and oxygen atoms in total. The SMILES string of the molecule is CC(C)n1c(SCc2csc(-c3ccc4c(c3)OCO4)n2)nnc1-c1csc2c1CCCC2. The molecule has 6 rings (SSSR count). The van der Waals surface area contributed by atoms with E-state index in [1.807, 2.05) is 29.5 Å². The van der Waals surface area contributed by atoms with Crippen LogP contribution in [0.5, 0.6) is 11.5 Å². The summed E-state index contributed by atoms with van der Waals surface area (Å²) in [5.41, 5.74) is 4.87. The van der Waals surface area contributed by atoms with Crippen molar-refractivity contribution in [3.05, 3.63) is 45.1 Å². The van der Waals surface area contributed by atoms with Gasteiger partial charge in [-0.3, -0.25) is 4.57 Å². The molecule has 170 valence electrons. The molecule has 0 bridgehead atoms. The number of benzene rings is 1. The van der Waals surface area contributed by atoms with Crippen molar-refractivity contribution in [3.63, 3.8) is 0 Å². The number of aromatic nitrogens is 4. The van der Waals surface area contributed by atoms with E-state index in [-0.39, 0.29) is 12.8 Å². The zero-order valence-corrected chi connectivity index (χ0v) is 21.0. The van der Waals surface area contributed by atoms with Gasteiger partial charge in [-0.2, -0.15) is 0 Å². The molecule has 1 aromatic carbocycles. The molecule has 33 heavy (non-hydrogen) atoms. The zero-order chi connectivity index (χ0) is 22.4. The monoisotopic (exact) mass is 496 g/mol. The smallest absolute Gasteiger partial charge is 0.231 e. The maximum absolute atomic E-state index is 5.51. The van der Waals surface area contributed by atoms with Crippen molar-refractivity contribution >= 4 is 34.4 Å². The Morgan fingerprint density at radius 1 is 1.06 bits per heavy atom. The van der Waals surface area contributed by atoms with Gasteiger partial charge in [-0.15, -0.1) is 32.9 Å². The Labute approximate surface area is 205 Å². The normalized spacial score (nSPS) is 14.8. The van der Waals surface area contributed by atoms with Crippen LogP contribution in [0.2, 0.25) is 0 Å². The Bertz CT molecular complexity index is 1310. The molecular weight excluding hydrogens is 472 g/mol. The summed E-state index contributed by atoms with van der Waals surface area (Å²) in [4.78, 5) is 6.39.